The number of hydrogen-bond donors (Lipinski definition) is 1. The van der Waals surface area contributed by atoms with Crippen molar-refractivity contribution in [3.05, 3.63) is 65.7 Å². The lowest BCUT2D eigenvalue weighted by Crippen LogP contribution is -2.04. The summed E-state index contributed by atoms with van der Waals surface area (Å²) in [5.41, 5.74) is 2.09. The monoisotopic (exact) mass is 300 g/mol. The molecule has 0 fully saturated rings. The van der Waals surface area contributed by atoms with Gasteiger partial charge in [0.15, 0.2) is 0 Å². The average Bonchev–Trinajstić information content (AvgIpc) is 2.58. The summed E-state index contributed by atoms with van der Waals surface area (Å²) >= 11 is 0. The van der Waals surface area contributed by atoms with Gasteiger partial charge in [0.25, 0.3) is 0 Å². The van der Waals surface area contributed by atoms with E-state index in [-0.39, 0.29) is 0 Å². The molecule has 0 aliphatic rings. The zero-order valence-electron chi connectivity index (χ0n) is 13.1. The van der Waals surface area contributed by atoms with Crippen LogP contribution in [0.5, 0.6) is 5.75 Å². The second kappa shape index (κ2) is 9.23. The molecule has 0 bridgehead atoms. The molecular formula is C19H24O3. The average molecular weight is 300 g/mol. The first-order valence-electron chi connectivity index (χ1n) is 7.82. The van der Waals surface area contributed by atoms with Gasteiger partial charge in [0.05, 0.1) is 25.9 Å². The molecule has 0 amide bonds. The predicted molar refractivity (Wildman–Crippen MR) is 87.9 cm³/mol. The van der Waals surface area contributed by atoms with E-state index in [0.717, 1.165) is 17.7 Å². The largest absolute Gasteiger partial charge is 0.493 e. The fourth-order valence-corrected chi connectivity index (χ4v) is 2.16. The minimum atomic E-state index is -0.419. The molecule has 1 unspecified atom stereocenters. The highest BCUT2D eigenvalue weighted by molar-refractivity contribution is 5.29. The van der Waals surface area contributed by atoms with Gasteiger partial charge in [0.1, 0.15) is 5.75 Å². The van der Waals surface area contributed by atoms with E-state index in [0.29, 0.717) is 26.2 Å². The molecule has 2 rings (SSSR count). The first kappa shape index (κ1) is 16.5. The van der Waals surface area contributed by atoms with E-state index in [4.69, 9.17) is 9.47 Å². The van der Waals surface area contributed by atoms with E-state index in [1.54, 1.807) is 0 Å². The molecule has 0 spiro atoms. The number of rotatable bonds is 9. The van der Waals surface area contributed by atoms with Crippen molar-refractivity contribution >= 4 is 0 Å². The van der Waals surface area contributed by atoms with Crippen LogP contribution in [0.1, 0.15) is 37.0 Å². The van der Waals surface area contributed by atoms with E-state index in [1.165, 1.54) is 5.56 Å². The van der Waals surface area contributed by atoms with Gasteiger partial charge >= 0.3 is 0 Å². The number of ether oxygens (including phenoxy) is 2. The highest BCUT2D eigenvalue weighted by Crippen LogP contribution is 2.21. The van der Waals surface area contributed by atoms with Gasteiger partial charge in [0.2, 0.25) is 0 Å². The van der Waals surface area contributed by atoms with Crippen molar-refractivity contribution < 1.29 is 14.6 Å². The van der Waals surface area contributed by atoms with Crippen LogP contribution >= 0.6 is 0 Å². The number of hydrogen-bond acceptors (Lipinski definition) is 3. The van der Waals surface area contributed by atoms with Crippen LogP contribution in [0.3, 0.4) is 0 Å². The zero-order chi connectivity index (χ0) is 15.6. The second-order valence-corrected chi connectivity index (χ2v) is 5.24. The minimum Gasteiger partial charge on any atom is -0.493 e. The Morgan fingerprint density at radius 1 is 1.00 bits per heavy atom. The molecule has 0 saturated carbocycles. The number of benzene rings is 2. The molecule has 22 heavy (non-hydrogen) atoms. The molecule has 0 aromatic heterocycles. The van der Waals surface area contributed by atoms with Gasteiger partial charge in [-0.2, -0.15) is 0 Å². The third-order valence-electron chi connectivity index (χ3n) is 3.44. The third-order valence-corrected chi connectivity index (χ3v) is 3.44. The third kappa shape index (κ3) is 5.51. The van der Waals surface area contributed by atoms with Crippen molar-refractivity contribution in [2.24, 2.45) is 0 Å². The minimum absolute atomic E-state index is 0.419. The molecule has 0 heterocycles. The van der Waals surface area contributed by atoms with Crippen LogP contribution in [0.15, 0.2) is 54.6 Å². The molecular weight excluding hydrogens is 276 g/mol. The number of aliphatic hydroxyl groups excluding tert-OH is 1. The molecule has 0 saturated heterocycles. The highest BCUT2D eigenvalue weighted by Gasteiger charge is 2.05. The molecule has 3 heteroatoms. The molecule has 1 N–H and O–H groups in total. The molecule has 2 aromatic rings. The van der Waals surface area contributed by atoms with Crippen molar-refractivity contribution in [3.63, 3.8) is 0 Å². The van der Waals surface area contributed by atoms with Gasteiger partial charge in [-0.25, -0.2) is 0 Å². The smallest absolute Gasteiger partial charge is 0.119 e. The Hall–Kier alpha value is -1.84. The van der Waals surface area contributed by atoms with E-state index >= 15 is 0 Å². The Kier molecular flexibility index (Phi) is 6.94. The summed E-state index contributed by atoms with van der Waals surface area (Å²) in [5.74, 6) is 0.799. The van der Waals surface area contributed by atoms with Gasteiger partial charge in [-0.05, 0) is 29.7 Å². The van der Waals surface area contributed by atoms with Crippen LogP contribution in [0.4, 0.5) is 0 Å². The first-order chi connectivity index (χ1) is 10.8. The lowest BCUT2D eigenvalue weighted by Gasteiger charge is -2.11. The van der Waals surface area contributed by atoms with Crippen LogP contribution in [0, 0.1) is 0 Å². The van der Waals surface area contributed by atoms with E-state index in [2.05, 4.69) is 12.1 Å². The number of aliphatic hydroxyl groups is 1. The summed E-state index contributed by atoms with van der Waals surface area (Å²) in [4.78, 5) is 0. The van der Waals surface area contributed by atoms with Gasteiger partial charge in [-0.15, -0.1) is 0 Å². The van der Waals surface area contributed by atoms with Crippen molar-refractivity contribution in [1.29, 1.82) is 0 Å². The predicted octanol–water partition coefficient (Wildman–Crippen LogP) is 4.12. The van der Waals surface area contributed by atoms with Gasteiger partial charge in [0, 0.05) is 6.42 Å². The molecule has 0 radical (unpaired) electrons. The van der Waals surface area contributed by atoms with Crippen LogP contribution in [0.2, 0.25) is 0 Å². The quantitative estimate of drug-likeness (QED) is 0.708. The Labute approximate surface area is 132 Å². The normalized spacial score (nSPS) is 12.1. The topological polar surface area (TPSA) is 38.7 Å². The lowest BCUT2D eigenvalue weighted by molar-refractivity contribution is 0.107. The van der Waals surface area contributed by atoms with Crippen molar-refractivity contribution in [2.75, 3.05) is 13.2 Å². The molecule has 118 valence electrons. The van der Waals surface area contributed by atoms with Crippen LogP contribution in [-0.2, 0) is 11.3 Å². The molecule has 3 nitrogen and oxygen atoms in total. The first-order valence-corrected chi connectivity index (χ1v) is 7.82. The van der Waals surface area contributed by atoms with E-state index < -0.39 is 6.10 Å². The molecule has 1 atom stereocenters. The summed E-state index contributed by atoms with van der Waals surface area (Å²) < 4.78 is 11.3. The lowest BCUT2D eigenvalue weighted by atomic mass is 10.1. The standard InChI is InChI=1S/C19H24O3/c1-2-19(20)17-10-6-11-18(14-17)22-13-7-12-21-15-16-8-4-3-5-9-16/h3-6,8-11,14,19-20H,2,7,12-13,15H2,1H3. The molecule has 0 aliphatic carbocycles. The van der Waals surface area contributed by atoms with Gasteiger partial charge < -0.3 is 14.6 Å². The Morgan fingerprint density at radius 2 is 1.82 bits per heavy atom. The molecule has 0 aliphatic heterocycles. The maximum atomic E-state index is 9.83. The van der Waals surface area contributed by atoms with E-state index in [1.807, 2.05) is 49.4 Å². The van der Waals surface area contributed by atoms with Gasteiger partial charge in [-0.1, -0.05) is 49.4 Å². The zero-order valence-corrected chi connectivity index (χ0v) is 13.1. The SMILES string of the molecule is CCC(O)c1cccc(OCCCOCc2ccccc2)c1. The Balaban J connectivity index is 1.64. The summed E-state index contributed by atoms with van der Waals surface area (Å²) in [6.45, 7) is 3.88. The summed E-state index contributed by atoms with van der Waals surface area (Å²) in [5, 5.41) is 9.83. The van der Waals surface area contributed by atoms with Crippen molar-refractivity contribution in [1.82, 2.24) is 0 Å². The Bertz CT molecular complexity index is 539. The molecule has 2 aromatic carbocycles. The van der Waals surface area contributed by atoms with Crippen LogP contribution < -0.4 is 4.74 Å². The highest BCUT2D eigenvalue weighted by atomic mass is 16.5. The van der Waals surface area contributed by atoms with Crippen molar-refractivity contribution in [3.8, 4) is 5.75 Å². The fraction of sp³-hybridized carbons (Fsp3) is 0.368. The van der Waals surface area contributed by atoms with Crippen LogP contribution in [0.25, 0.3) is 0 Å². The summed E-state index contributed by atoms with van der Waals surface area (Å²) in [6.07, 6.45) is 1.13. The second-order valence-electron chi connectivity index (χ2n) is 5.24. The Morgan fingerprint density at radius 3 is 2.59 bits per heavy atom. The maximum Gasteiger partial charge on any atom is 0.119 e. The summed E-state index contributed by atoms with van der Waals surface area (Å²) in [6, 6.07) is 17.8. The van der Waals surface area contributed by atoms with Gasteiger partial charge in [-0.3, -0.25) is 0 Å². The van der Waals surface area contributed by atoms with Crippen LogP contribution in [-0.4, -0.2) is 18.3 Å². The van der Waals surface area contributed by atoms with Crippen molar-refractivity contribution in [2.45, 2.75) is 32.5 Å². The van der Waals surface area contributed by atoms with E-state index in [9.17, 15) is 5.11 Å². The fourth-order valence-electron chi connectivity index (χ4n) is 2.16. The summed E-state index contributed by atoms with van der Waals surface area (Å²) in [7, 11) is 0. The maximum absolute atomic E-state index is 9.83.